The van der Waals surface area contributed by atoms with Gasteiger partial charge in [-0.25, -0.2) is 0 Å². The molecule has 2 heteroatoms. The van der Waals surface area contributed by atoms with Gasteiger partial charge in [0.05, 0.1) is 0 Å². The Morgan fingerprint density at radius 2 is 1.75 bits per heavy atom. The first-order valence-electron chi connectivity index (χ1n) is 5.49. The van der Waals surface area contributed by atoms with Crippen LogP contribution >= 0.6 is 0 Å². The first-order chi connectivity index (χ1) is 7.50. The standard InChI is InChI=1S/C14H19NO/c1-11(2)12-5-7-13(8-6-12)14(16)9-10-15(3)4/h5-11H,1-4H3. The summed E-state index contributed by atoms with van der Waals surface area (Å²) in [5.74, 6) is 0.547. The Kier molecular flexibility index (Phi) is 4.29. The molecule has 0 bridgehead atoms. The molecule has 0 aliphatic rings. The molecule has 0 fully saturated rings. The normalized spacial score (nSPS) is 11.1. The monoisotopic (exact) mass is 217 g/mol. The van der Waals surface area contributed by atoms with Crippen molar-refractivity contribution in [1.29, 1.82) is 0 Å². The van der Waals surface area contributed by atoms with Gasteiger partial charge in [0, 0.05) is 31.9 Å². The highest BCUT2D eigenvalue weighted by Gasteiger charge is 2.03. The lowest BCUT2D eigenvalue weighted by molar-refractivity contribution is 0.104. The molecule has 0 heterocycles. The average Bonchev–Trinajstić information content (AvgIpc) is 2.26. The molecule has 0 radical (unpaired) electrons. The lowest BCUT2D eigenvalue weighted by atomic mass is 10.0. The maximum absolute atomic E-state index is 11.7. The summed E-state index contributed by atoms with van der Waals surface area (Å²) in [5.41, 5.74) is 2.00. The van der Waals surface area contributed by atoms with E-state index in [1.165, 1.54) is 5.56 Å². The van der Waals surface area contributed by atoms with E-state index in [1.807, 2.05) is 43.3 Å². The van der Waals surface area contributed by atoms with E-state index in [1.54, 1.807) is 12.3 Å². The van der Waals surface area contributed by atoms with Crippen molar-refractivity contribution < 1.29 is 4.79 Å². The quantitative estimate of drug-likeness (QED) is 0.570. The molecule has 0 aromatic heterocycles. The van der Waals surface area contributed by atoms with Crippen molar-refractivity contribution in [2.24, 2.45) is 0 Å². The van der Waals surface area contributed by atoms with Crippen LogP contribution in [0.15, 0.2) is 36.5 Å². The van der Waals surface area contributed by atoms with Crippen LogP contribution in [0.3, 0.4) is 0 Å². The van der Waals surface area contributed by atoms with Gasteiger partial charge in [-0.1, -0.05) is 38.1 Å². The maximum atomic E-state index is 11.7. The van der Waals surface area contributed by atoms with Crippen molar-refractivity contribution in [1.82, 2.24) is 4.90 Å². The smallest absolute Gasteiger partial charge is 0.187 e. The van der Waals surface area contributed by atoms with Crippen LogP contribution in [0.25, 0.3) is 0 Å². The summed E-state index contributed by atoms with van der Waals surface area (Å²) in [7, 11) is 3.79. The van der Waals surface area contributed by atoms with E-state index in [0.29, 0.717) is 5.92 Å². The lowest BCUT2D eigenvalue weighted by Crippen LogP contribution is -2.03. The van der Waals surface area contributed by atoms with Crippen LogP contribution < -0.4 is 0 Å². The maximum Gasteiger partial charge on any atom is 0.187 e. The minimum Gasteiger partial charge on any atom is -0.383 e. The Balaban J connectivity index is 2.78. The van der Waals surface area contributed by atoms with Gasteiger partial charge in [0.15, 0.2) is 5.78 Å². The van der Waals surface area contributed by atoms with Crippen LogP contribution in [0.5, 0.6) is 0 Å². The van der Waals surface area contributed by atoms with E-state index in [9.17, 15) is 4.79 Å². The fraction of sp³-hybridized carbons (Fsp3) is 0.357. The van der Waals surface area contributed by atoms with Crippen molar-refractivity contribution in [3.05, 3.63) is 47.7 Å². The van der Waals surface area contributed by atoms with E-state index in [-0.39, 0.29) is 5.78 Å². The zero-order valence-electron chi connectivity index (χ0n) is 10.4. The number of hydrogen-bond donors (Lipinski definition) is 0. The average molecular weight is 217 g/mol. The number of carbonyl (C=O) groups is 1. The highest BCUT2D eigenvalue weighted by atomic mass is 16.1. The Hall–Kier alpha value is -1.57. The molecule has 0 atom stereocenters. The molecular formula is C14H19NO. The Labute approximate surface area is 97.6 Å². The summed E-state index contributed by atoms with van der Waals surface area (Å²) in [4.78, 5) is 13.6. The van der Waals surface area contributed by atoms with Gasteiger partial charge in [-0.15, -0.1) is 0 Å². The van der Waals surface area contributed by atoms with Gasteiger partial charge < -0.3 is 4.90 Å². The largest absolute Gasteiger partial charge is 0.383 e. The van der Waals surface area contributed by atoms with Crippen molar-refractivity contribution in [3.8, 4) is 0 Å². The Bertz CT molecular complexity index is 374. The van der Waals surface area contributed by atoms with Gasteiger partial charge in [-0.2, -0.15) is 0 Å². The van der Waals surface area contributed by atoms with E-state index in [2.05, 4.69) is 13.8 Å². The van der Waals surface area contributed by atoms with Crippen LogP contribution in [0.1, 0.15) is 35.7 Å². The molecule has 1 aromatic rings. The molecular weight excluding hydrogens is 198 g/mol. The molecule has 2 nitrogen and oxygen atoms in total. The summed E-state index contributed by atoms with van der Waals surface area (Å²) in [6, 6.07) is 7.80. The summed E-state index contributed by atoms with van der Waals surface area (Å²) in [5, 5.41) is 0. The summed E-state index contributed by atoms with van der Waals surface area (Å²) < 4.78 is 0. The van der Waals surface area contributed by atoms with Gasteiger partial charge in [0.1, 0.15) is 0 Å². The molecule has 0 spiro atoms. The highest BCUT2D eigenvalue weighted by Crippen LogP contribution is 2.15. The molecule has 0 aliphatic heterocycles. The lowest BCUT2D eigenvalue weighted by Gasteiger charge is -2.06. The van der Waals surface area contributed by atoms with Gasteiger partial charge >= 0.3 is 0 Å². The minimum atomic E-state index is 0.0454. The summed E-state index contributed by atoms with van der Waals surface area (Å²) in [6.07, 6.45) is 3.35. The van der Waals surface area contributed by atoms with Crippen molar-refractivity contribution in [2.45, 2.75) is 19.8 Å². The fourth-order valence-electron chi connectivity index (χ4n) is 1.35. The summed E-state index contributed by atoms with van der Waals surface area (Å²) >= 11 is 0. The molecule has 0 N–H and O–H groups in total. The third-order valence-electron chi connectivity index (χ3n) is 2.39. The highest BCUT2D eigenvalue weighted by molar-refractivity contribution is 6.04. The van der Waals surface area contributed by atoms with Gasteiger partial charge in [0.25, 0.3) is 0 Å². The van der Waals surface area contributed by atoms with Crippen LogP contribution in [0.4, 0.5) is 0 Å². The van der Waals surface area contributed by atoms with Crippen LogP contribution in [-0.2, 0) is 0 Å². The molecule has 0 unspecified atom stereocenters. The molecule has 86 valence electrons. The zero-order chi connectivity index (χ0) is 12.1. The Morgan fingerprint density at radius 1 is 1.19 bits per heavy atom. The molecule has 1 rings (SSSR count). The number of ketones is 1. The molecule has 16 heavy (non-hydrogen) atoms. The third kappa shape index (κ3) is 3.54. The number of rotatable bonds is 4. The second-order valence-electron chi connectivity index (χ2n) is 4.42. The van der Waals surface area contributed by atoms with E-state index in [4.69, 9.17) is 0 Å². The van der Waals surface area contributed by atoms with E-state index >= 15 is 0 Å². The van der Waals surface area contributed by atoms with Crippen molar-refractivity contribution in [3.63, 3.8) is 0 Å². The van der Waals surface area contributed by atoms with Gasteiger partial charge in [-0.05, 0) is 11.5 Å². The van der Waals surface area contributed by atoms with Gasteiger partial charge in [-0.3, -0.25) is 4.79 Å². The number of hydrogen-bond acceptors (Lipinski definition) is 2. The van der Waals surface area contributed by atoms with Crippen LogP contribution in [0.2, 0.25) is 0 Å². The Morgan fingerprint density at radius 3 is 2.19 bits per heavy atom. The fourth-order valence-corrected chi connectivity index (χ4v) is 1.35. The van der Waals surface area contributed by atoms with Crippen molar-refractivity contribution >= 4 is 5.78 Å². The number of benzene rings is 1. The zero-order valence-corrected chi connectivity index (χ0v) is 10.4. The SMILES string of the molecule is CC(C)c1ccc(C(=O)C=CN(C)C)cc1. The topological polar surface area (TPSA) is 20.3 Å². The number of nitrogens with zero attached hydrogens (tertiary/aromatic N) is 1. The van der Waals surface area contributed by atoms with Crippen LogP contribution in [-0.4, -0.2) is 24.8 Å². The van der Waals surface area contributed by atoms with Crippen LogP contribution in [0, 0.1) is 0 Å². The van der Waals surface area contributed by atoms with Gasteiger partial charge in [0.2, 0.25) is 0 Å². The first kappa shape index (κ1) is 12.5. The molecule has 0 saturated heterocycles. The van der Waals surface area contributed by atoms with E-state index < -0.39 is 0 Å². The second kappa shape index (κ2) is 5.50. The molecule has 0 saturated carbocycles. The molecule has 0 aliphatic carbocycles. The number of allylic oxidation sites excluding steroid dienone is 1. The molecule has 0 amide bonds. The van der Waals surface area contributed by atoms with E-state index in [0.717, 1.165) is 5.56 Å². The second-order valence-corrected chi connectivity index (χ2v) is 4.42. The first-order valence-corrected chi connectivity index (χ1v) is 5.49. The third-order valence-corrected chi connectivity index (χ3v) is 2.39. The summed E-state index contributed by atoms with van der Waals surface area (Å²) in [6.45, 7) is 4.28. The number of carbonyl (C=O) groups excluding carboxylic acids is 1. The predicted octanol–water partition coefficient (Wildman–Crippen LogP) is 3.07. The minimum absolute atomic E-state index is 0.0454. The predicted molar refractivity (Wildman–Crippen MR) is 67.7 cm³/mol. The molecule has 1 aromatic carbocycles. The van der Waals surface area contributed by atoms with Crippen molar-refractivity contribution in [2.75, 3.05) is 14.1 Å².